The Morgan fingerprint density at radius 1 is 1.19 bits per heavy atom. The number of carbonyl (C=O) groups excluding carboxylic acids is 1. The standard InChI is InChI=1S/C13H10O3/c14-11-5-3-10(4-6-11)13(15)8-7-12-2-1-9-16-12/h1-9,14H/b8-7+. The number of aromatic hydroxyl groups is 1. The Morgan fingerprint density at radius 3 is 2.56 bits per heavy atom. The van der Waals surface area contributed by atoms with Gasteiger partial charge in [-0.3, -0.25) is 4.79 Å². The van der Waals surface area contributed by atoms with Gasteiger partial charge < -0.3 is 9.52 Å². The maximum Gasteiger partial charge on any atom is 0.185 e. The van der Waals surface area contributed by atoms with Crippen molar-refractivity contribution < 1.29 is 14.3 Å². The fraction of sp³-hybridized carbons (Fsp3) is 0. The molecule has 2 rings (SSSR count). The minimum absolute atomic E-state index is 0.128. The molecule has 1 aromatic carbocycles. The highest BCUT2D eigenvalue weighted by molar-refractivity contribution is 6.06. The van der Waals surface area contributed by atoms with Gasteiger partial charge in [-0.05, 0) is 48.6 Å². The average molecular weight is 214 g/mol. The molecule has 16 heavy (non-hydrogen) atoms. The van der Waals surface area contributed by atoms with Crippen molar-refractivity contribution in [2.75, 3.05) is 0 Å². The van der Waals surface area contributed by atoms with E-state index in [2.05, 4.69) is 0 Å². The third-order valence-electron chi connectivity index (χ3n) is 2.09. The number of carbonyl (C=O) groups is 1. The third kappa shape index (κ3) is 2.39. The first-order valence-electron chi connectivity index (χ1n) is 4.80. The Hall–Kier alpha value is -2.29. The van der Waals surface area contributed by atoms with Gasteiger partial charge in [-0.1, -0.05) is 0 Å². The molecule has 80 valence electrons. The molecule has 0 bridgehead atoms. The first-order valence-corrected chi connectivity index (χ1v) is 4.80. The molecular weight excluding hydrogens is 204 g/mol. The molecule has 0 saturated heterocycles. The Bertz CT molecular complexity index is 492. The highest BCUT2D eigenvalue weighted by Crippen LogP contribution is 2.11. The summed E-state index contributed by atoms with van der Waals surface area (Å²) in [5, 5.41) is 9.07. The molecule has 0 aliphatic rings. The van der Waals surface area contributed by atoms with E-state index in [-0.39, 0.29) is 11.5 Å². The number of phenolic OH excluding ortho intramolecular Hbond substituents is 1. The average Bonchev–Trinajstić information content (AvgIpc) is 2.80. The van der Waals surface area contributed by atoms with Gasteiger partial charge in [0, 0.05) is 5.56 Å². The summed E-state index contributed by atoms with van der Waals surface area (Å²) < 4.78 is 5.06. The van der Waals surface area contributed by atoms with Crippen LogP contribution < -0.4 is 0 Å². The van der Waals surface area contributed by atoms with Crippen LogP contribution in [0.3, 0.4) is 0 Å². The van der Waals surface area contributed by atoms with E-state index >= 15 is 0 Å². The lowest BCUT2D eigenvalue weighted by Gasteiger charge is -1.95. The summed E-state index contributed by atoms with van der Waals surface area (Å²) in [5.74, 6) is 0.648. The van der Waals surface area contributed by atoms with Crippen LogP contribution in [0.4, 0.5) is 0 Å². The molecule has 3 nitrogen and oxygen atoms in total. The van der Waals surface area contributed by atoms with Gasteiger partial charge >= 0.3 is 0 Å². The van der Waals surface area contributed by atoms with Gasteiger partial charge in [0.05, 0.1) is 6.26 Å². The van der Waals surface area contributed by atoms with Gasteiger partial charge in [0.25, 0.3) is 0 Å². The van der Waals surface area contributed by atoms with E-state index in [0.29, 0.717) is 11.3 Å². The van der Waals surface area contributed by atoms with Crippen LogP contribution >= 0.6 is 0 Å². The number of furan rings is 1. The van der Waals surface area contributed by atoms with E-state index in [4.69, 9.17) is 9.52 Å². The number of benzene rings is 1. The minimum Gasteiger partial charge on any atom is -0.508 e. The summed E-state index contributed by atoms with van der Waals surface area (Å²) in [6.45, 7) is 0. The molecule has 0 radical (unpaired) electrons. The van der Waals surface area contributed by atoms with E-state index in [9.17, 15) is 4.79 Å². The lowest BCUT2D eigenvalue weighted by Crippen LogP contribution is -1.92. The van der Waals surface area contributed by atoms with Crippen molar-refractivity contribution >= 4 is 11.9 Å². The maximum atomic E-state index is 11.6. The molecule has 3 heteroatoms. The van der Waals surface area contributed by atoms with E-state index in [1.165, 1.54) is 18.2 Å². The lowest BCUT2D eigenvalue weighted by atomic mass is 10.1. The highest BCUT2D eigenvalue weighted by Gasteiger charge is 2.01. The molecule has 0 amide bonds. The van der Waals surface area contributed by atoms with Gasteiger partial charge in [0.2, 0.25) is 0 Å². The molecule has 1 heterocycles. The molecule has 1 aromatic heterocycles. The summed E-state index contributed by atoms with van der Waals surface area (Å²) in [6.07, 6.45) is 4.59. The SMILES string of the molecule is O=C(/C=C/c1ccco1)c1ccc(O)cc1. The third-order valence-corrected chi connectivity index (χ3v) is 2.09. The van der Waals surface area contributed by atoms with Crippen molar-refractivity contribution in [3.05, 3.63) is 60.1 Å². The molecule has 0 fully saturated rings. The molecule has 0 spiro atoms. The summed E-state index contributed by atoms with van der Waals surface area (Å²) >= 11 is 0. The Balaban J connectivity index is 2.11. The van der Waals surface area contributed by atoms with Crippen molar-refractivity contribution in [3.63, 3.8) is 0 Å². The predicted molar refractivity (Wildman–Crippen MR) is 60.2 cm³/mol. The van der Waals surface area contributed by atoms with Crippen molar-refractivity contribution in [1.82, 2.24) is 0 Å². The highest BCUT2D eigenvalue weighted by atomic mass is 16.3. The van der Waals surface area contributed by atoms with Gasteiger partial charge in [-0.15, -0.1) is 0 Å². The van der Waals surface area contributed by atoms with E-state index < -0.39 is 0 Å². The summed E-state index contributed by atoms with van der Waals surface area (Å²) in [7, 11) is 0. The first kappa shape index (κ1) is 10.2. The van der Waals surface area contributed by atoms with E-state index in [0.717, 1.165) is 0 Å². The van der Waals surface area contributed by atoms with Crippen molar-refractivity contribution in [2.24, 2.45) is 0 Å². The quantitative estimate of drug-likeness (QED) is 0.631. The van der Waals surface area contributed by atoms with Crippen molar-refractivity contribution in [2.45, 2.75) is 0 Å². The van der Waals surface area contributed by atoms with Crippen LogP contribution in [0.1, 0.15) is 16.1 Å². The molecule has 0 unspecified atom stereocenters. The predicted octanol–water partition coefficient (Wildman–Crippen LogP) is 2.88. The maximum absolute atomic E-state index is 11.6. The normalized spacial score (nSPS) is 10.8. The molecule has 0 atom stereocenters. The minimum atomic E-state index is -0.128. The Labute approximate surface area is 92.6 Å². The zero-order valence-electron chi connectivity index (χ0n) is 8.46. The number of allylic oxidation sites excluding steroid dienone is 1. The molecule has 2 aromatic rings. The topological polar surface area (TPSA) is 50.4 Å². The van der Waals surface area contributed by atoms with Gasteiger partial charge in [0.1, 0.15) is 11.5 Å². The second-order valence-corrected chi connectivity index (χ2v) is 3.26. The number of hydrogen-bond acceptors (Lipinski definition) is 3. The van der Waals surface area contributed by atoms with Crippen LogP contribution in [0.15, 0.2) is 53.2 Å². The Morgan fingerprint density at radius 2 is 1.94 bits per heavy atom. The molecule has 0 aliphatic heterocycles. The van der Waals surface area contributed by atoms with Gasteiger partial charge in [-0.2, -0.15) is 0 Å². The Kier molecular flexibility index (Phi) is 2.87. The zero-order chi connectivity index (χ0) is 11.4. The largest absolute Gasteiger partial charge is 0.508 e. The molecular formula is C13H10O3. The van der Waals surface area contributed by atoms with Crippen LogP contribution in [0.25, 0.3) is 6.08 Å². The smallest absolute Gasteiger partial charge is 0.185 e. The monoisotopic (exact) mass is 214 g/mol. The number of rotatable bonds is 3. The molecule has 0 aliphatic carbocycles. The second kappa shape index (κ2) is 4.49. The van der Waals surface area contributed by atoms with Gasteiger partial charge in [0.15, 0.2) is 5.78 Å². The number of ketones is 1. The fourth-order valence-electron chi connectivity index (χ4n) is 1.27. The van der Waals surface area contributed by atoms with Crippen LogP contribution in [0, 0.1) is 0 Å². The second-order valence-electron chi connectivity index (χ2n) is 3.26. The fourth-order valence-corrected chi connectivity index (χ4v) is 1.27. The van der Waals surface area contributed by atoms with Crippen molar-refractivity contribution in [1.29, 1.82) is 0 Å². The van der Waals surface area contributed by atoms with Crippen LogP contribution in [0.2, 0.25) is 0 Å². The number of phenols is 1. The van der Waals surface area contributed by atoms with Crippen LogP contribution in [-0.4, -0.2) is 10.9 Å². The van der Waals surface area contributed by atoms with Crippen LogP contribution in [0.5, 0.6) is 5.75 Å². The van der Waals surface area contributed by atoms with Crippen LogP contribution in [-0.2, 0) is 0 Å². The number of hydrogen-bond donors (Lipinski definition) is 1. The first-order chi connectivity index (χ1) is 7.75. The lowest BCUT2D eigenvalue weighted by molar-refractivity contribution is 0.104. The van der Waals surface area contributed by atoms with E-state index in [1.807, 2.05) is 0 Å². The molecule has 1 N–H and O–H groups in total. The van der Waals surface area contributed by atoms with Crippen molar-refractivity contribution in [3.8, 4) is 5.75 Å². The summed E-state index contributed by atoms with van der Waals surface area (Å²) in [4.78, 5) is 11.6. The van der Waals surface area contributed by atoms with Gasteiger partial charge in [-0.25, -0.2) is 0 Å². The zero-order valence-corrected chi connectivity index (χ0v) is 8.46. The molecule has 0 saturated carbocycles. The summed E-state index contributed by atoms with van der Waals surface area (Å²) in [6, 6.07) is 9.63. The summed E-state index contributed by atoms with van der Waals surface area (Å²) in [5.41, 5.74) is 0.528. The van der Waals surface area contributed by atoms with E-state index in [1.54, 1.807) is 36.6 Å².